The van der Waals surface area contributed by atoms with Gasteiger partial charge in [0.15, 0.2) is 11.5 Å². The Morgan fingerprint density at radius 1 is 1.12 bits per heavy atom. The lowest BCUT2D eigenvalue weighted by atomic mass is 10.2. The number of anilines is 1. The summed E-state index contributed by atoms with van der Waals surface area (Å²) in [6, 6.07) is 13.8. The first-order valence-corrected chi connectivity index (χ1v) is 8.98. The lowest BCUT2D eigenvalue weighted by Crippen LogP contribution is -2.02. The highest BCUT2D eigenvalue weighted by Gasteiger charge is 2.17. The molecule has 2 N–H and O–H groups in total. The van der Waals surface area contributed by atoms with Crippen LogP contribution in [0.25, 0.3) is 27.6 Å². The summed E-state index contributed by atoms with van der Waals surface area (Å²) in [5, 5.41) is 10.8. The van der Waals surface area contributed by atoms with Crippen LogP contribution in [-0.2, 0) is 0 Å². The highest BCUT2D eigenvalue weighted by atomic mass is 79.9. The molecule has 2 heterocycles. The Balaban J connectivity index is 1.71. The molecule has 0 amide bonds. The molecule has 2 aromatic carbocycles. The number of hydrogen-bond donors (Lipinski definition) is 1. The summed E-state index contributed by atoms with van der Waals surface area (Å²) in [6.07, 6.45) is 0. The smallest absolute Gasteiger partial charge is 0.165 e. The molecular weight excluding hydrogens is 405 g/mol. The fraction of sp³-hybridized carbons (Fsp3) is 0. The first-order valence-electron chi connectivity index (χ1n) is 7.31. The summed E-state index contributed by atoms with van der Waals surface area (Å²) in [5.41, 5.74) is 9.18. The molecule has 0 radical (unpaired) electrons. The third-order valence-corrected chi connectivity index (χ3v) is 4.95. The molecule has 5 nitrogen and oxygen atoms in total. The molecule has 0 saturated heterocycles. The Labute approximate surface area is 155 Å². The Morgan fingerprint density at radius 2 is 1.92 bits per heavy atom. The van der Waals surface area contributed by atoms with Gasteiger partial charge in [-0.25, -0.2) is 9.37 Å². The normalized spacial score (nSPS) is 11.0. The number of hydrogen-bond acceptors (Lipinski definition) is 5. The van der Waals surface area contributed by atoms with E-state index in [1.165, 1.54) is 28.2 Å². The summed E-state index contributed by atoms with van der Waals surface area (Å²) in [6.45, 7) is 0. The second-order valence-electron chi connectivity index (χ2n) is 5.26. The van der Waals surface area contributed by atoms with Gasteiger partial charge in [0, 0.05) is 15.4 Å². The summed E-state index contributed by atoms with van der Waals surface area (Å²) < 4.78 is 15.5. The first-order chi connectivity index (χ1) is 12.1. The molecule has 2 aromatic heterocycles. The van der Waals surface area contributed by atoms with Crippen LogP contribution < -0.4 is 5.73 Å². The molecule has 124 valence electrons. The van der Waals surface area contributed by atoms with Crippen LogP contribution in [0.2, 0.25) is 0 Å². The van der Waals surface area contributed by atoms with Crippen molar-refractivity contribution in [1.82, 2.24) is 20.0 Å². The quantitative estimate of drug-likeness (QED) is 0.533. The summed E-state index contributed by atoms with van der Waals surface area (Å²) in [7, 11) is 0. The predicted molar refractivity (Wildman–Crippen MR) is 100.0 cm³/mol. The average molecular weight is 416 g/mol. The van der Waals surface area contributed by atoms with Crippen LogP contribution in [0.15, 0.2) is 58.4 Å². The van der Waals surface area contributed by atoms with Gasteiger partial charge in [0.25, 0.3) is 0 Å². The first kappa shape index (κ1) is 15.9. The number of benzene rings is 2. The molecule has 4 aromatic rings. The number of thiazole rings is 1. The fourth-order valence-corrected chi connectivity index (χ4v) is 3.60. The van der Waals surface area contributed by atoms with Crippen molar-refractivity contribution in [2.75, 3.05) is 5.73 Å². The molecule has 0 atom stereocenters. The van der Waals surface area contributed by atoms with E-state index in [1.54, 1.807) is 12.1 Å². The van der Waals surface area contributed by atoms with Crippen molar-refractivity contribution in [3.8, 4) is 27.6 Å². The van der Waals surface area contributed by atoms with Gasteiger partial charge in [-0.3, -0.25) is 0 Å². The van der Waals surface area contributed by atoms with Crippen LogP contribution in [0.3, 0.4) is 0 Å². The summed E-state index contributed by atoms with van der Waals surface area (Å²) >= 11 is 4.91. The van der Waals surface area contributed by atoms with Crippen molar-refractivity contribution in [2.45, 2.75) is 0 Å². The van der Waals surface area contributed by atoms with Crippen LogP contribution in [0, 0.1) is 5.82 Å². The summed E-state index contributed by atoms with van der Waals surface area (Å²) in [4.78, 5) is 4.62. The van der Waals surface area contributed by atoms with Crippen LogP contribution in [0.4, 0.5) is 10.2 Å². The standard InChI is InChI=1S/C17H11BrFN5S/c18-11-3-1-2-10(8-11)14-9-25-17(21-14)15-16(20)24(23-22-15)13-6-4-12(19)5-7-13/h1-9H,20H2. The van der Waals surface area contributed by atoms with Gasteiger partial charge in [-0.1, -0.05) is 33.3 Å². The Bertz CT molecular complexity index is 1040. The lowest BCUT2D eigenvalue weighted by molar-refractivity contribution is 0.627. The number of aromatic nitrogens is 4. The van der Waals surface area contributed by atoms with E-state index in [2.05, 4.69) is 31.2 Å². The molecule has 0 fully saturated rings. The Morgan fingerprint density at radius 3 is 2.68 bits per heavy atom. The van der Waals surface area contributed by atoms with Gasteiger partial charge in [0.2, 0.25) is 0 Å². The highest BCUT2D eigenvalue weighted by Crippen LogP contribution is 2.32. The van der Waals surface area contributed by atoms with E-state index < -0.39 is 0 Å². The van der Waals surface area contributed by atoms with Crippen molar-refractivity contribution in [3.63, 3.8) is 0 Å². The molecule has 0 aliphatic heterocycles. The largest absolute Gasteiger partial charge is 0.382 e. The molecule has 0 unspecified atom stereocenters. The van der Waals surface area contributed by atoms with Crippen LogP contribution in [0.5, 0.6) is 0 Å². The zero-order valence-electron chi connectivity index (χ0n) is 12.7. The maximum Gasteiger partial charge on any atom is 0.165 e. The minimum Gasteiger partial charge on any atom is -0.382 e. The van der Waals surface area contributed by atoms with E-state index in [4.69, 9.17) is 5.73 Å². The average Bonchev–Trinajstić information content (AvgIpc) is 3.22. The van der Waals surface area contributed by atoms with Gasteiger partial charge in [0.1, 0.15) is 10.8 Å². The van der Waals surface area contributed by atoms with E-state index in [9.17, 15) is 4.39 Å². The number of rotatable bonds is 3. The zero-order chi connectivity index (χ0) is 17.4. The number of nitrogen functional groups attached to an aromatic ring is 1. The van der Waals surface area contributed by atoms with Gasteiger partial charge >= 0.3 is 0 Å². The number of nitrogens with two attached hydrogens (primary N) is 1. The molecule has 0 aliphatic rings. The van der Waals surface area contributed by atoms with Crippen molar-refractivity contribution in [3.05, 3.63) is 64.2 Å². The molecular formula is C17H11BrFN5S. The monoisotopic (exact) mass is 415 g/mol. The second-order valence-corrected chi connectivity index (χ2v) is 7.03. The molecule has 8 heteroatoms. The fourth-order valence-electron chi connectivity index (χ4n) is 2.38. The van der Waals surface area contributed by atoms with Crippen LogP contribution in [0.1, 0.15) is 0 Å². The Kier molecular flexibility index (Phi) is 4.06. The van der Waals surface area contributed by atoms with E-state index >= 15 is 0 Å². The highest BCUT2D eigenvalue weighted by molar-refractivity contribution is 9.10. The van der Waals surface area contributed by atoms with E-state index in [-0.39, 0.29) is 5.82 Å². The Hall–Kier alpha value is -2.58. The topological polar surface area (TPSA) is 69.6 Å². The number of nitrogens with zero attached hydrogens (tertiary/aromatic N) is 4. The van der Waals surface area contributed by atoms with Crippen molar-refractivity contribution in [1.29, 1.82) is 0 Å². The molecule has 0 saturated carbocycles. The maximum atomic E-state index is 13.1. The van der Waals surface area contributed by atoms with Crippen molar-refractivity contribution >= 4 is 33.1 Å². The molecule has 25 heavy (non-hydrogen) atoms. The van der Waals surface area contributed by atoms with Gasteiger partial charge in [0.05, 0.1) is 11.4 Å². The third kappa shape index (κ3) is 3.06. The van der Waals surface area contributed by atoms with Gasteiger partial charge in [-0.15, -0.1) is 16.4 Å². The minimum atomic E-state index is -0.318. The maximum absolute atomic E-state index is 13.1. The lowest BCUT2D eigenvalue weighted by Gasteiger charge is -2.02. The molecule has 4 rings (SSSR count). The molecule has 0 aliphatic carbocycles. The summed E-state index contributed by atoms with van der Waals surface area (Å²) in [5.74, 6) is 0.0444. The van der Waals surface area contributed by atoms with Crippen LogP contribution in [-0.4, -0.2) is 20.0 Å². The van der Waals surface area contributed by atoms with Crippen molar-refractivity contribution < 1.29 is 4.39 Å². The van der Waals surface area contributed by atoms with E-state index in [0.717, 1.165) is 15.7 Å². The molecule has 0 spiro atoms. The zero-order valence-corrected chi connectivity index (χ0v) is 15.1. The van der Waals surface area contributed by atoms with E-state index in [0.29, 0.717) is 22.2 Å². The molecule has 0 bridgehead atoms. The van der Waals surface area contributed by atoms with Crippen molar-refractivity contribution in [2.24, 2.45) is 0 Å². The van der Waals surface area contributed by atoms with E-state index in [1.807, 2.05) is 29.6 Å². The third-order valence-electron chi connectivity index (χ3n) is 3.60. The predicted octanol–water partition coefficient (Wildman–Crippen LogP) is 4.54. The van der Waals surface area contributed by atoms with Gasteiger partial charge in [-0.05, 0) is 36.4 Å². The number of halogens is 2. The van der Waals surface area contributed by atoms with Gasteiger partial charge < -0.3 is 5.73 Å². The second kappa shape index (κ2) is 6.38. The van der Waals surface area contributed by atoms with Gasteiger partial charge in [-0.2, -0.15) is 4.68 Å². The minimum absolute atomic E-state index is 0.318. The van der Waals surface area contributed by atoms with Crippen LogP contribution >= 0.6 is 27.3 Å². The SMILES string of the molecule is Nc1c(-c2nc(-c3cccc(Br)c3)cs2)nnn1-c1ccc(F)cc1.